The second kappa shape index (κ2) is 11.6. The fraction of sp³-hybridized carbons (Fsp3) is 0.833. The lowest BCUT2D eigenvalue weighted by Crippen LogP contribution is -2.25. The number of carbonyl (C=O) groups is 1. The Morgan fingerprint density at radius 1 is 1.17 bits per heavy atom. The van der Waals surface area contributed by atoms with E-state index in [4.69, 9.17) is 9.84 Å². The highest BCUT2D eigenvalue weighted by Gasteiger charge is 2.36. The van der Waals surface area contributed by atoms with Crippen molar-refractivity contribution >= 4 is 5.97 Å². The SMILES string of the molecule is CC[C@H](O)/C=C/[C@@H](O)[C@H]1C[C@@H](O)[C@H](CCCCCCCC(=O)O)O1. The summed E-state index contributed by atoms with van der Waals surface area (Å²) >= 11 is 0. The third kappa shape index (κ3) is 8.24. The molecule has 1 rings (SSSR count). The van der Waals surface area contributed by atoms with Crippen LogP contribution in [0.2, 0.25) is 0 Å². The fourth-order valence-electron chi connectivity index (χ4n) is 2.90. The van der Waals surface area contributed by atoms with Gasteiger partial charge in [0.1, 0.15) is 0 Å². The van der Waals surface area contributed by atoms with Crippen molar-refractivity contribution < 1.29 is 30.0 Å². The van der Waals surface area contributed by atoms with Crippen LogP contribution in [0.4, 0.5) is 0 Å². The van der Waals surface area contributed by atoms with Gasteiger partial charge in [0, 0.05) is 12.8 Å². The number of hydrogen-bond acceptors (Lipinski definition) is 5. The molecule has 0 unspecified atom stereocenters. The number of carboxylic acid groups (broad SMARTS) is 1. The van der Waals surface area contributed by atoms with Crippen LogP contribution < -0.4 is 0 Å². The Morgan fingerprint density at radius 2 is 1.83 bits per heavy atom. The van der Waals surface area contributed by atoms with E-state index in [9.17, 15) is 20.1 Å². The maximum atomic E-state index is 10.4. The lowest BCUT2D eigenvalue weighted by Gasteiger charge is -2.17. The monoisotopic (exact) mass is 344 g/mol. The van der Waals surface area contributed by atoms with Crippen LogP contribution in [0, 0.1) is 0 Å². The molecule has 0 saturated carbocycles. The maximum absolute atomic E-state index is 10.4. The number of hydrogen-bond donors (Lipinski definition) is 4. The van der Waals surface area contributed by atoms with Gasteiger partial charge in [-0.1, -0.05) is 44.8 Å². The molecule has 0 radical (unpaired) electrons. The van der Waals surface area contributed by atoms with E-state index in [1.807, 2.05) is 6.92 Å². The minimum atomic E-state index is -0.818. The average molecular weight is 344 g/mol. The van der Waals surface area contributed by atoms with Gasteiger partial charge in [0.15, 0.2) is 0 Å². The normalized spacial score (nSPS) is 26.8. The average Bonchev–Trinajstić information content (AvgIpc) is 2.92. The minimum absolute atomic E-state index is 0.226. The van der Waals surface area contributed by atoms with Crippen LogP contribution in [-0.2, 0) is 9.53 Å². The van der Waals surface area contributed by atoms with E-state index in [-0.39, 0.29) is 12.5 Å². The van der Waals surface area contributed by atoms with Crippen LogP contribution >= 0.6 is 0 Å². The summed E-state index contributed by atoms with van der Waals surface area (Å²) in [5.41, 5.74) is 0. The lowest BCUT2D eigenvalue weighted by molar-refractivity contribution is -0.137. The zero-order valence-corrected chi connectivity index (χ0v) is 14.5. The van der Waals surface area contributed by atoms with E-state index in [1.165, 1.54) is 6.08 Å². The Hall–Kier alpha value is -0.950. The minimum Gasteiger partial charge on any atom is -0.481 e. The van der Waals surface area contributed by atoms with Gasteiger partial charge >= 0.3 is 5.97 Å². The molecule has 0 aromatic heterocycles. The first kappa shape index (κ1) is 21.1. The second-order valence-electron chi connectivity index (χ2n) is 6.57. The van der Waals surface area contributed by atoms with E-state index in [2.05, 4.69) is 0 Å². The van der Waals surface area contributed by atoms with Gasteiger partial charge < -0.3 is 25.2 Å². The zero-order valence-electron chi connectivity index (χ0n) is 14.5. The highest BCUT2D eigenvalue weighted by molar-refractivity contribution is 5.66. The van der Waals surface area contributed by atoms with Crippen molar-refractivity contribution in [3.05, 3.63) is 12.2 Å². The molecule has 0 aromatic rings. The Labute approximate surface area is 144 Å². The maximum Gasteiger partial charge on any atom is 0.303 e. The first-order chi connectivity index (χ1) is 11.4. The summed E-state index contributed by atoms with van der Waals surface area (Å²) in [5.74, 6) is -0.748. The molecule has 1 fully saturated rings. The first-order valence-electron chi connectivity index (χ1n) is 9.03. The molecule has 1 aliphatic rings. The predicted molar refractivity (Wildman–Crippen MR) is 90.7 cm³/mol. The highest BCUT2D eigenvalue weighted by atomic mass is 16.5. The Morgan fingerprint density at radius 3 is 2.50 bits per heavy atom. The quantitative estimate of drug-likeness (QED) is 0.319. The first-order valence-corrected chi connectivity index (χ1v) is 9.03. The van der Waals surface area contributed by atoms with Crippen LogP contribution in [0.15, 0.2) is 12.2 Å². The summed E-state index contributed by atoms with van der Waals surface area (Å²) in [5, 5.41) is 38.1. The van der Waals surface area contributed by atoms with Gasteiger partial charge in [-0.15, -0.1) is 0 Å². The molecule has 5 atom stereocenters. The van der Waals surface area contributed by atoms with E-state index < -0.39 is 30.4 Å². The Balaban J connectivity index is 2.19. The molecule has 1 heterocycles. The van der Waals surface area contributed by atoms with Crippen molar-refractivity contribution in [2.45, 2.75) is 95.2 Å². The number of ether oxygens (including phenoxy) is 1. The fourth-order valence-corrected chi connectivity index (χ4v) is 2.90. The predicted octanol–water partition coefficient (Wildman–Crippen LogP) is 2.01. The largest absolute Gasteiger partial charge is 0.481 e. The molecular formula is C18H32O6. The summed E-state index contributed by atoms with van der Waals surface area (Å²) in [4.78, 5) is 10.4. The third-order valence-corrected chi connectivity index (χ3v) is 4.46. The third-order valence-electron chi connectivity index (χ3n) is 4.46. The molecule has 6 nitrogen and oxygen atoms in total. The number of aliphatic hydroxyl groups is 3. The molecule has 0 amide bonds. The van der Waals surface area contributed by atoms with Crippen molar-refractivity contribution in [1.82, 2.24) is 0 Å². The van der Waals surface area contributed by atoms with Crippen molar-refractivity contribution in [2.75, 3.05) is 0 Å². The van der Waals surface area contributed by atoms with Crippen LogP contribution in [0.25, 0.3) is 0 Å². The van der Waals surface area contributed by atoms with Crippen LogP contribution in [0.1, 0.15) is 64.7 Å². The van der Waals surface area contributed by atoms with Crippen LogP contribution in [0.5, 0.6) is 0 Å². The Kier molecular flexibility index (Phi) is 10.2. The van der Waals surface area contributed by atoms with Crippen LogP contribution in [0.3, 0.4) is 0 Å². The van der Waals surface area contributed by atoms with Crippen molar-refractivity contribution in [3.8, 4) is 0 Å². The number of carboxylic acids is 1. The van der Waals surface area contributed by atoms with Gasteiger partial charge in [0.2, 0.25) is 0 Å². The van der Waals surface area contributed by atoms with E-state index in [0.717, 1.165) is 32.1 Å². The smallest absolute Gasteiger partial charge is 0.303 e. The molecule has 4 N–H and O–H groups in total. The van der Waals surface area contributed by atoms with E-state index >= 15 is 0 Å². The molecule has 6 heteroatoms. The number of rotatable bonds is 12. The number of aliphatic carboxylic acids is 1. The molecule has 24 heavy (non-hydrogen) atoms. The Bertz CT molecular complexity index is 384. The molecular weight excluding hydrogens is 312 g/mol. The van der Waals surface area contributed by atoms with E-state index in [0.29, 0.717) is 19.3 Å². The van der Waals surface area contributed by atoms with E-state index in [1.54, 1.807) is 6.08 Å². The molecule has 0 spiro atoms. The number of unbranched alkanes of at least 4 members (excludes halogenated alkanes) is 4. The second-order valence-corrected chi connectivity index (χ2v) is 6.57. The summed E-state index contributed by atoms with van der Waals surface area (Å²) in [7, 11) is 0. The van der Waals surface area contributed by atoms with Crippen molar-refractivity contribution in [2.24, 2.45) is 0 Å². The summed E-state index contributed by atoms with van der Waals surface area (Å²) in [6.07, 6.45) is 6.93. The van der Waals surface area contributed by atoms with Crippen molar-refractivity contribution in [1.29, 1.82) is 0 Å². The summed E-state index contributed by atoms with van der Waals surface area (Å²) < 4.78 is 5.75. The van der Waals surface area contributed by atoms with Gasteiger partial charge in [0.05, 0.1) is 30.5 Å². The van der Waals surface area contributed by atoms with Crippen molar-refractivity contribution in [3.63, 3.8) is 0 Å². The molecule has 0 aliphatic carbocycles. The standard InChI is InChI=1S/C18H32O6/c1-2-13(19)10-11-14(20)17-12-15(21)16(24-17)8-6-4-3-5-7-9-18(22)23/h10-11,13-17,19-21H,2-9,12H2,1H3,(H,22,23)/b11-10+/t13-,14+,15+,16-,17+/m0/s1. The topological polar surface area (TPSA) is 107 Å². The summed E-state index contributed by atoms with van der Waals surface area (Å²) in [6.45, 7) is 1.86. The molecule has 1 aliphatic heterocycles. The molecule has 1 saturated heterocycles. The zero-order chi connectivity index (χ0) is 17.9. The number of aliphatic hydroxyl groups excluding tert-OH is 3. The molecule has 0 aromatic carbocycles. The van der Waals surface area contributed by atoms with Gasteiger partial charge in [-0.05, 0) is 19.3 Å². The lowest BCUT2D eigenvalue weighted by atomic mass is 10.0. The summed E-state index contributed by atoms with van der Waals surface area (Å²) in [6, 6.07) is 0. The molecule has 0 bridgehead atoms. The van der Waals surface area contributed by atoms with Gasteiger partial charge in [-0.25, -0.2) is 0 Å². The van der Waals surface area contributed by atoms with Crippen LogP contribution in [-0.4, -0.2) is 56.9 Å². The van der Waals surface area contributed by atoms with Gasteiger partial charge in [-0.2, -0.15) is 0 Å². The van der Waals surface area contributed by atoms with Gasteiger partial charge in [-0.3, -0.25) is 4.79 Å². The van der Waals surface area contributed by atoms with Gasteiger partial charge in [0.25, 0.3) is 0 Å². The highest BCUT2D eigenvalue weighted by Crippen LogP contribution is 2.27. The molecule has 140 valence electrons.